The van der Waals surface area contributed by atoms with Crippen LogP contribution in [0.15, 0.2) is 18.2 Å². The van der Waals surface area contributed by atoms with Gasteiger partial charge in [-0.3, -0.25) is 4.79 Å². The van der Waals surface area contributed by atoms with Crippen LogP contribution in [0.1, 0.15) is 37.0 Å². The third-order valence-electron chi connectivity index (χ3n) is 2.84. The van der Waals surface area contributed by atoms with Gasteiger partial charge in [0.25, 0.3) is 0 Å². The number of Topliss-reactive ketones (excluding diaryl/α,β-unsaturated/α-hetero) is 1. The fourth-order valence-electron chi connectivity index (χ4n) is 2.02. The molecular weight excluding hydrogens is 198 g/mol. The molecule has 0 aromatic heterocycles. The molecule has 2 nitrogen and oxygen atoms in total. The number of nitriles is 1. The van der Waals surface area contributed by atoms with Crippen LogP contribution in [0.25, 0.3) is 0 Å². The average Bonchev–Trinajstić information content (AvgIpc) is 2.20. The summed E-state index contributed by atoms with van der Waals surface area (Å²) in [6.45, 7) is 7.33. The van der Waals surface area contributed by atoms with Gasteiger partial charge in [0.2, 0.25) is 0 Å². The van der Waals surface area contributed by atoms with Crippen molar-refractivity contribution in [2.75, 3.05) is 0 Å². The van der Waals surface area contributed by atoms with E-state index >= 15 is 0 Å². The zero-order valence-electron chi connectivity index (χ0n) is 10.3. The van der Waals surface area contributed by atoms with Crippen LogP contribution in [0.5, 0.6) is 0 Å². The molecule has 1 rings (SSSR count). The second-order valence-corrected chi connectivity index (χ2v) is 4.64. The third kappa shape index (κ3) is 2.49. The number of aryl methyl sites for hydroxylation is 2. The van der Waals surface area contributed by atoms with Crippen molar-refractivity contribution in [3.05, 3.63) is 34.9 Å². The van der Waals surface area contributed by atoms with Crippen molar-refractivity contribution < 1.29 is 4.79 Å². The smallest absolute Gasteiger partial charge is 0.131 e. The second-order valence-electron chi connectivity index (χ2n) is 4.64. The standard InChI is InChI=1S/C14H17NO/c1-10-5-6-11(2)13(7-10)14(4,9-15)8-12(3)16/h5-7H,8H2,1-4H3. The van der Waals surface area contributed by atoms with E-state index in [9.17, 15) is 10.1 Å². The summed E-state index contributed by atoms with van der Waals surface area (Å²) < 4.78 is 0. The van der Waals surface area contributed by atoms with E-state index in [4.69, 9.17) is 0 Å². The van der Waals surface area contributed by atoms with E-state index in [1.165, 1.54) is 6.92 Å². The molecule has 16 heavy (non-hydrogen) atoms. The highest BCUT2D eigenvalue weighted by molar-refractivity contribution is 5.78. The van der Waals surface area contributed by atoms with E-state index in [1.807, 2.05) is 39.0 Å². The third-order valence-corrected chi connectivity index (χ3v) is 2.84. The maximum absolute atomic E-state index is 11.2. The molecular formula is C14H17NO. The van der Waals surface area contributed by atoms with Crippen molar-refractivity contribution >= 4 is 5.78 Å². The first-order valence-corrected chi connectivity index (χ1v) is 5.37. The lowest BCUT2D eigenvalue weighted by Crippen LogP contribution is -2.24. The normalized spacial score (nSPS) is 13.9. The van der Waals surface area contributed by atoms with Crippen molar-refractivity contribution in [2.45, 2.75) is 39.5 Å². The molecule has 0 fully saturated rings. The lowest BCUT2D eigenvalue weighted by molar-refractivity contribution is -0.117. The van der Waals surface area contributed by atoms with Gasteiger partial charge >= 0.3 is 0 Å². The summed E-state index contributed by atoms with van der Waals surface area (Å²) in [6, 6.07) is 8.29. The number of nitrogens with zero attached hydrogens (tertiary/aromatic N) is 1. The molecule has 0 saturated heterocycles. The minimum atomic E-state index is -0.706. The van der Waals surface area contributed by atoms with Crippen LogP contribution in [0.2, 0.25) is 0 Å². The SMILES string of the molecule is CC(=O)CC(C)(C#N)c1cc(C)ccc1C. The van der Waals surface area contributed by atoms with E-state index in [0.717, 1.165) is 16.7 Å². The topological polar surface area (TPSA) is 40.9 Å². The Morgan fingerprint density at radius 3 is 2.56 bits per heavy atom. The molecule has 0 aliphatic rings. The van der Waals surface area contributed by atoms with Gasteiger partial charge in [-0.2, -0.15) is 5.26 Å². The van der Waals surface area contributed by atoms with E-state index in [-0.39, 0.29) is 12.2 Å². The summed E-state index contributed by atoms with van der Waals surface area (Å²) in [5.41, 5.74) is 2.44. The van der Waals surface area contributed by atoms with Gasteiger partial charge in [0.1, 0.15) is 5.78 Å². The number of ketones is 1. The van der Waals surface area contributed by atoms with E-state index in [1.54, 1.807) is 0 Å². The van der Waals surface area contributed by atoms with Gasteiger partial charge in [0.15, 0.2) is 0 Å². The molecule has 0 heterocycles. The summed E-state index contributed by atoms with van der Waals surface area (Å²) >= 11 is 0. The number of hydrogen-bond acceptors (Lipinski definition) is 2. The molecule has 0 aliphatic heterocycles. The highest BCUT2D eigenvalue weighted by atomic mass is 16.1. The first kappa shape index (κ1) is 12.4. The quantitative estimate of drug-likeness (QED) is 0.777. The van der Waals surface area contributed by atoms with Gasteiger partial charge < -0.3 is 0 Å². The van der Waals surface area contributed by atoms with Crippen LogP contribution in [0, 0.1) is 25.2 Å². The first-order chi connectivity index (χ1) is 7.39. The van der Waals surface area contributed by atoms with Gasteiger partial charge in [-0.05, 0) is 38.8 Å². The zero-order chi connectivity index (χ0) is 12.3. The molecule has 0 aliphatic carbocycles. The highest BCUT2D eigenvalue weighted by Gasteiger charge is 2.29. The van der Waals surface area contributed by atoms with Crippen LogP contribution < -0.4 is 0 Å². The summed E-state index contributed by atoms with van der Waals surface area (Å²) in [6.07, 6.45) is 0.272. The lowest BCUT2D eigenvalue weighted by Gasteiger charge is -2.23. The van der Waals surface area contributed by atoms with Crippen LogP contribution >= 0.6 is 0 Å². The Kier molecular flexibility index (Phi) is 3.49. The second kappa shape index (κ2) is 4.49. The molecule has 0 N–H and O–H groups in total. The van der Waals surface area contributed by atoms with Gasteiger partial charge in [-0.25, -0.2) is 0 Å². The van der Waals surface area contributed by atoms with Crippen molar-refractivity contribution in [1.29, 1.82) is 5.26 Å². The molecule has 1 atom stereocenters. The molecule has 0 spiro atoms. The fourth-order valence-corrected chi connectivity index (χ4v) is 2.02. The maximum atomic E-state index is 11.2. The number of carbonyl (C=O) groups is 1. The maximum Gasteiger partial charge on any atom is 0.131 e. The number of carbonyl (C=O) groups excluding carboxylic acids is 1. The van der Waals surface area contributed by atoms with Crippen LogP contribution in [-0.4, -0.2) is 5.78 Å². The minimum Gasteiger partial charge on any atom is -0.300 e. The number of benzene rings is 1. The Balaban J connectivity index is 3.28. The minimum absolute atomic E-state index is 0.0463. The van der Waals surface area contributed by atoms with Gasteiger partial charge in [0, 0.05) is 6.42 Å². The molecule has 0 amide bonds. The summed E-state index contributed by atoms with van der Waals surface area (Å²) in [5.74, 6) is 0.0463. The van der Waals surface area contributed by atoms with Crippen LogP contribution in [0.4, 0.5) is 0 Å². The van der Waals surface area contributed by atoms with Crippen LogP contribution in [0.3, 0.4) is 0 Å². The predicted molar refractivity (Wildman–Crippen MR) is 64.2 cm³/mol. The molecule has 1 unspecified atom stereocenters. The van der Waals surface area contributed by atoms with Gasteiger partial charge in [0.05, 0.1) is 11.5 Å². The van der Waals surface area contributed by atoms with E-state index < -0.39 is 5.41 Å². The molecule has 1 aromatic carbocycles. The Hall–Kier alpha value is -1.62. The molecule has 84 valence electrons. The molecule has 0 bridgehead atoms. The molecule has 2 heteroatoms. The van der Waals surface area contributed by atoms with Crippen molar-refractivity contribution in [2.24, 2.45) is 0 Å². The van der Waals surface area contributed by atoms with E-state index in [0.29, 0.717) is 0 Å². The Morgan fingerprint density at radius 2 is 2.06 bits per heavy atom. The number of rotatable bonds is 3. The zero-order valence-corrected chi connectivity index (χ0v) is 10.3. The van der Waals surface area contributed by atoms with E-state index in [2.05, 4.69) is 6.07 Å². The lowest BCUT2D eigenvalue weighted by atomic mass is 9.77. The van der Waals surface area contributed by atoms with Crippen LogP contribution in [-0.2, 0) is 10.2 Å². The molecule has 1 aromatic rings. The highest BCUT2D eigenvalue weighted by Crippen LogP contribution is 2.30. The Labute approximate surface area is 96.9 Å². The first-order valence-electron chi connectivity index (χ1n) is 5.37. The summed E-state index contributed by atoms with van der Waals surface area (Å²) in [7, 11) is 0. The summed E-state index contributed by atoms with van der Waals surface area (Å²) in [5, 5.41) is 9.30. The Bertz CT molecular complexity index is 456. The van der Waals surface area contributed by atoms with Crippen molar-refractivity contribution in [3.8, 4) is 6.07 Å². The van der Waals surface area contributed by atoms with Crippen molar-refractivity contribution in [1.82, 2.24) is 0 Å². The predicted octanol–water partition coefficient (Wildman–Crippen LogP) is 3.06. The van der Waals surface area contributed by atoms with Crippen molar-refractivity contribution in [3.63, 3.8) is 0 Å². The van der Waals surface area contributed by atoms with Gasteiger partial charge in [-0.15, -0.1) is 0 Å². The average molecular weight is 215 g/mol. The summed E-state index contributed by atoms with van der Waals surface area (Å²) in [4.78, 5) is 11.2. The largest absolute Gasteiger partial charge is 0.300 e. The monoisotopic (exact) mass is 215 g/mol. The molecule has 0 radical (unpaired) electrons. The number of hydrogen-bond donors (Lipinski definition) is 0. The fraction of sp³-hybridized carbons (Fsp3) is 0.429. The molecule has 0 saturated carbocycles. The Morgan fingerprint density at radius 1 is 1.44 bits per heavy atom. The van der Waals surface area contributed by atoms with Gasteiger partial charge in [-0.1, -0.05) is 23.8 Å².